The van der Waals surface area contributed by atoms with E-state index in [1.54, 1.807) is 0 Å². The molecule has 1 aliphatic carbocycles. The summed E-state index contributed by atoms with van der Waals surface area (Å²) in [5.74, 6) is 0.183. The molecule has 7 heteroatoms. The zero-order valence-corrected chi connectivity index (χ0v) is 16.1. The average molecular weight is 384 g/mol. The Kier molecular flexibility index (Phi) is 4.32. The Labute approximate surface area is 165 Å². The number of anilines is 1. The van der Waals surface area contributed by atoms with Crippen molar-refractivity contribution in [2.24, 2.45) is 5.92 Å². The highest BCUT2D eigenvalue weighted by Crippen LogP contribution is 2.44. The number of hydrogen-bond acceptors (Lipinski definition) is 5. The lowest BCUT2D eigenvalue weighted by Gasteiger charge is -2.46. The van der Waals surface area contributed by atoms with Gasteiger partial charge in [0.1, 0.15) is 5.54 Å². The van der Waals surface area contributed by atoms with E-state index in [1.807, 2.05) is 4.90 Å². The first-order valence-corrected chi connectivity index (χ1v) is 10.5. The molecule has 3 fully saturated rings. The van der Waals surface area contributed by atoms with Crippen molar-refractivity contribution in [1.82, 2.24) is 15.5 Å². The number of rotatable bonds is 4. The Bertz CT molecular complexity index is 796. The van der Waals surface area contributed by atoms with Crippen LogP contribution in [0.2, 0.25) is 0 Å². The second-order valence-electron chi connectivity index (χ2n) is 8.62. The normalized spacial score (nSPS) is 32.0. The van der Waals surface area contributed by atoms with Crippen LogP contribution in [0.5, 0.6) is 0 Å². The van der Waals surface area contributed by atoms with Crippen molar-refractivity contribution in [3.63, 3.8) is 0 Å². The van der Waals surface area contributed by atoms with Crippen LogP contribution in [0.3, 0.4) is 0 Å². The van der Waals surface area contributed by atoms with Crippen LogP contribution in [0.4, 0.5) is 5.69 Å². The summed E-state index contributed by atoms with van der Waals surface area (Å²) in [5.41, 5.74) is 1.95. The zero-order chi connectivity index (χ0) is 19.3. The molecule has 4 aliphatic rings. The fraction of sp³-hybridized carbons (Fsp3) is 0.619. The van der Waals surface area contributed by atoms with Gasteiger partial charge in [-0.2, -0.15) is 0 Å². The maximum atomic E-state index is 12.9. The summed E-state index contributed by atoms with van der Waals surface area (Å²) < 4.78 is 0. The first kappa shape index (κ1) is 17.9. The Morgan fingerprint density at radius 1 is 1.21 bits per heavy atom. The van der Waals surface area contributed by atoms with Gasteiger partial charge in [0.15, 0.2) is 6.35 Å². The Morgan fingerprint density at radius 3 is 2.79 bits per heavy atom. The van der Waals surface area contributed by atoms with E-state index in [0.29, 0.717) is 18.9 Å². The minimum Gasteiger partial charge on any atom is -0.365 e. The van der Waals surface area contributed by atoms with Crippen molar-refractivity contribution in [3.8, 4) is 0 Å². The number of carbonyl (C=O) groups is 2. The molecule has 2 unspecified atom stereocenters. The topological polar surface area (TPSA) is 84.9 Å². The Hall–Kier alpha value is -2.12. The molecule has 2 amide bonds. The second-order valence-corrected chi connectivity index (χ2v) is 8.62. The van der Waals surface area contributed by atoms with E-state index in [0.717, 1.165) is 45.3 Å². The number of aryl methyl sites for hydroxylation is 1. The predicted octanol–water partition coefficient (Wildman–Crippen LogP) is 0.574. The van der Waals surface area contributed by atoms with Crippen molar-refractivity contribution in [3.05, 3.63) is 29.8 Å². The van der Waals surface area contributed by atoms with Gasteiger partial charge in [0, 0.05) is 37.8 Å². The van der Waals surface area contributed by atoms with Crippen LogP contribution in [0, 0.1) is 5.92 Å². The van der Waals surface area contributed by atoms with Crippen molar-refractivity contribution < 1.29 is 14.7 Å². The van der Waals surface area contributed by atoms with E-state index in [9.17, 15) is 14.7 Å². The molecule has 3 atom stereocenters. The van der Waals surface area contributed by atoms with Crippen molar-refractivity contribution in [1.29, 1.82) is 0 Å². The monoisotopic (exact) mass is 384 g/mol. The van der Waals surface area contributed by atoms with Crippen molar-refractivity contribution in [2.45, 2.75) is 56.5 Å². The fourth-order valence-corrected chi connectivity index (χ4v) is 5.30. The molecule has 0 aromatic heterocycles. The number of amides is 2. The summed E-state index contributed by atoms with van der Waals surface area (Å²) in [6.45, 7) is 2.34. The van der Waals surface area contributed by atoms with E-state index in [-0.39, 0.29) is 17.7 Å². The summed E-state index contributed by atoms with van der Waals surface area (Å²) in [5, 5.41) is 15.4. The molecule has 0 radical (unpaired) electrons. The van der Waals surface area contributed by atoms with Gasteiger partial charge in [-0.05, 0) is 49.7 Å². The van der Waals surface area contributed by atoms with Gasteiger partial charge >= 0.3 is 0 Å². The maximum Gasteiger partial charge on any atom is 0.243 e. The number of aliphatic hydroxyl groups excluding tert-OH is 1. The third-order valence-corrected chi connectivity index (χ3v) is 6.96. The molecule has 1 saturated carbocycles. The van der Waals surface area contributed by atoms with Gasteiger partial charge in [-0.3, -0.25) is 14.9 Å². The molecule has 1 aromatic carbocycles. The predicted molar refractivity (Wildman–Crippen MR) is 104 cm³/mol. The molecule has 7 nitrogen and oxygen atoms in total. The summed E-state index contributed by atoms with van der Waals surface area (Å²) >= 11 is 0. The van der Waals surface area contributed by atoms with Gasteiger partial charge in [-0.1, -0.05) is 18.2 Å². The van der Waals surface area contributed by atoms with Gasteiger partial charge in [-0.25, -0.2) is 0 Å². The minimum absolute atomic E-state index is 0.120. The van der Waals surface area contributed by atoms with Crippen LogP contribution in [0.15, 0.2) is 24.3 Å². The molecule has 1 aromatic rings. The lowest BCUT2D eigenvalue weighted by molar-refractivity contribution is -0.133. The number of aliphatic hydroxyl groups is 1. The highest BCUT2D eigenvalue weighted by atomic mass is 16.3. The first-order chi connectivity index (χ1) is 13.6. The van der Waals surface area contributed by atoms with E-state index < -0.39 is 11.9 Å². The molecule has 0 bridgehead atoms. The van der Waals surface area contributed by atoms with Crippen LogP contribution < -0.4 is 15.5 Å². The maximum absolute atomic E-state index is 12.9. The molecular weight excluding hydrogens is 356 g/mol. The van der Waals surface area contributed by atoms with Gasteiger partial charge in [-0.15, -0.1) is 0 Å². The summed E-state index contributed by atoms with van der Waals surface area (Å²) in [6.07, 6.45) is 3.87. The molecule has 150 valence electrons. The van der Waals surface area contributed by atoms with Crippen LogP contribution in [0.25, 0.3) is 0 Å². The number of nitrogens with zero attached hydrogens (tertiary/aromatic N) is 2. The number of hydrogen-bond donors (Lipinski definition) is 3. The van der Waals surface area contributed by atoms with E-state index in [4.69, 9.17) is 0 Å². The summed E-state index contributed by atoms with van der Waals surface area (Å²) in [6, 6.07) is 8.95. The third kappa shape index (κ3) is 2.97. The summed E-state index contributed by atoms with van der Waals surface area (Å²) in [7, 11) is 0. The molecule has 2 saturated heterocycles. The highest BCUT2D eigenvalue weighted by Gasteiger charge is 2.55. The quantitative estimate of drug-likeness (QED) is 0.707. The number of para-hydroxylation sites is 1. The molecule has 5 rings (SSSR count). The first-order valence-electron chi connectivity index (χ1n) is 10.5. The Balaban J connectivity index is 1.22. The fourth-order valence-electron chi connectivity index (χ4n) is 5.30. The smallest absolute Gasteiger partial charge is 0.243 e. The van der Waals surface area contributed by atoms with Crippen LogP contribution >= 0.6 is 0 Å². The Morgan fingerprint density at radius 2 is 2.04 bits per heavy atom. The van der Waals surface area contributed by atoms with Crippen molar-refractivity contribution in [2.75, 3.05) is 24.5 Å². The van der Waals surface area contributed by atoms with Crippen LogP contribution in [0.1, 0.15) is 37.7 Å². The molecule has 3 aliphatic heterocycles. The van der Waals surface area contributed by atoms with Crippen LogP contribution in [-0.2, 0) is 16.0 Å². The average Bonchev–Trinajstić information content (AvgIpc) is 3.51. The van der Waals surface area contributed by atoms with Gasteiger partial charge < -0.3 is 20.2 Å². The molecule has 28 heavy (non-hydrogen) atoms. The van der Waals surface area contributed by atoms with E-state index in [2.05, 4.69) is 39.8 Å². The lowest BCUT2D eigenvalue weighted by Crippen LogP contribution is -2.57. The second kappa shape index (κ2) is 6.74. The third-order valence-electron chi connectivity index (χ3n) is 6.96. The minimum atomic E-state index is -1.01. The largest absolute Gasteiger partial charge is 0.365 e. The molecule has 3 heterocycles. The number of carbonyl (C=O) groups excluding carboxylic acids is 2. The van der Waals surface area contributed by atoms with Gasteiger partial charge in [0.2, 0.25) is 11.8 Å². The standard InChI is InChI=1S/C21H28N4O3/c26-18(9-10-21(15-6-7-15)19(27)22-20(28)23-21)24-11-12-25-16(13-24)8-5-14-3-1-2-4-17(14)25/h1-4,15-16,20,23,28H,5-13H2,(H,22,27)/t16?,20?,21-/m0/s1. The molecule has 3 N–H and O–H groups in total. The zero-order valence-electron chi connectivity index (χ0n) is 16.1. The van der Waals surface area contributed by atoms with Crippen LogP contribution in [-0.4, -0.2) is 59.4 Å². The van der Waals surface area contributed by atoms with Gasteiger partial charge in [0.25, 0.3) is 0 Å². The van der Waals surface area contributed by atoms with Gasteiger partial charge in [0.05, 0.1) is 0 Å². The number of piperazine rings is 1. The summed E-state index contributed by atoms with van der Waals surface area (Å²) in [4.78, 5) is 29.8. The number of benzene rings is 1. The van der Waals surface area contributed by atoms with E-state index >= 15 is 0 Å². The van der Waals surface area contributed by atoms with E-state index in [1.165, 1.54) is 11.3 Å². The molecule has 0 spiro atoms. The van der Waals surface area contributed by atoms with Crippen molar-refractivity contribution >= 4 is 17.5 Å². The highest BCUT2D eigenvalue weighted by molar-refractivity contribution is 5.90. The molecular formula is C21H28N4O3. The number of fused-ring (bicyclic) bond motifs is 3. The lowest BCUT2D eigenvalue weighted by atomic mass is 9.87. The SMILES string of the molecule is O=C(CC[C@@]1(C2CC2)NC(O)NC1=O)N1CCN2c3ccccc3CCC2C1. The number of nitrogens with one attached hydrogen (secondary N) is 2.